The molecule has 0 aliphatic carbocycles. The first kappa shape index (κ1) is 36.4. The SMILES string of the molecule is COc1cc(OCc2cccc(-c3cccc(COc4cc(OC)c(CNCCO)c(OC)c4)c3C)c2C)cc(OC)c1CNCCO. The third-order valence-electron chi connectivity index (χ3n) is 8.31. The van der Waals surface area contributed by atoms with Crippen molar-refractivity contribution in [2.24, 2.45) is 0 Å². The Bertz CT molecular complexity index is 1470. The summed E-state index contributed by atoms with van der Waals surface area (Å²) < 4.78 is 35.1. The normalized spacial score (nSPS) is 10.9. The Labute approximate surface area is 283 Å². The average molecular weight is 661 g/mol. The van der Waals surface area contributed by atoms with Gasteiger partial charge in [0.15, 0.2) is 0 Å². The molecule has 258 valence electrons. The first-order valence-corrected chi connectivity index (χ1v) is 15.9. The van der Waals surface area contributed by atoms with E-state index in [1.165, 1.54) is 0 Å². The standard InChI is InChI=1S/C38H48N2O8/c1-25-27(23-47-29-17-35(43-3)33(21-39-13-15-41)36(18-29)44-4)9-7-11-31(25)32-12-8-10-28(26(32)2)24-48-30-19-37(45-5)34(22-40-14-16-42)38(20-30)46-6/h7-12,17-20,39-42H,13-16,21-24H2,1-6H3. The van der Waals surface area contributed by atoms with Gasteiger partial charge < -0.3 is 49.3 Å². The second kappa shape index (κ2) is 18.2. The van der Waals surface area contributed by atoms with E-state index in [4.69, 9.17) is 38.6 Å². The van der Waals surface area contributed by atoms with Gasteiger partial charge in [-0.1, -0.05) is 36.4 Å². The maximum absolute atomic E-state index is 9.13. The number of ether oxygens (including phenoxy) is 6. The maximum atomic E-state index is 9.13. The van der Waals surface area contributed by atoms with Gasteiger partial charge in [0.1, 0.15) is 47.7 Å². The van der Waals surface area contributed by atoms with Crippen molar-refractivity contribution in [3.8, 4) is 45.6 Å². The van der Waals surface area contributed by atoms with Gasteiger partial charge in [-0.15, -0.1) is 0 Å². The molecule has 0 fully saturated rings. The molecule has 0 heterocycles. The molecule has 0 saturated heterocycles. The van der Waals surface area contributed by atoms with Crippen molar-refractivity contribution in [3.63, 3.8) is 0 Å². The molecule has 0 saturated carbocycles. The van der Waals surface area contributed by atoms with Crippen LogP contribution in [0.4, 0.5) is 0 Å². The lowest BCUT2D eigenvalue weighted by molar-refractivity contribution is 0.289. The number of aliphatic hydroxyl groups is 2. The van der Waals surface area contributed by atoms with Gasteiger partial charge >= 0.3 is 0 Å². The third-order valence-corrected chi connectivity index (χ3v) is 8.31. The van der Waals surface area contributed by atoms with Gasteiger partial charge in [-0.2, -0.15) is 0 Å². The zero-order chi connectivity index (χ0) is 34.5. The lowest BCUT2D eigenvalue weighted by Crippen LogP contribution is -2.18. The van der Waals surface area contributed by atoms with Crippen LogP contribution in [-0.4, -0.2) is 65.0 Å². The first-order chi connectivity index (χ1) is 23.4. The lowest BCUT2D eigenvalue weighted by Gasteiger charge is -2.19. The third kappa shape index (κ3) is 8.90. The molecular weight excluding hydrogens is 612 g/mol. The molecule has 48 heavy (non-hydrogen) atoms. The minimum absolute atomic E-state index is 0.0491. The Kier molecular flexibility index (Phi) is 13.8. The van der Waals surface area contributed by atoms with Gasteiger partial charge in [-0.3, -0.25) is 0 Å². The van der Waals surface area contributed by atoms with Crippen molar-refractivity contribution < 1.29 is 38.6 Å². The molecule has 0 unspecified atom stereocenters. The largest absolute Gasteiger partial charge is 0.496 e. The number of nitrogens with one attached hydrogen (secondary N) is 2. The summed E-state index contributed by atoms with van der Waals surface area (Å²) in [5.74, 6) is 3.88. The van der Waals surface area contributed by atoms with Crippen LogP contribution in [0.1, 0.15) is 33.4 Å². The fraction of sp³-hybridized carbons (Fsp3) is 0.368. The van der Waals surface area contributed by atoms with Crippen molar-refractivity contribution in [2.75, 3.05) is 54.7 Å². The van der Waals surface area contributed by atoms with Crippen LogP contribution in [0.5, 0.6) is 34.5 Å². The molecule has 4 rings (SSSR count). The highest BCUT2D eigenvalue weighted by Gasteiger charge is 2.17. The van der Waals surface area contributed by atoms with E-state index in [2.05, 4.69) is 60.9 Å². The van der Waals surface area contributed by atoms with Crippen LogP contribution in [0.2, 0.25) is 0 Å². The quantitative estimate of drug-likeness (QED) is 0.0984. The van der Waals surface area contributed by atoms with E-state index in [0.29, 0.717) is 73.9 Å². The minimum atomic E-state index is 0.0491. The zero-order valence-electron chi connectivity index (χ0n) is 28.8. The summed E-state index contributed by atoms with van der Waals surface area (Å²) in [6, 6.07) is 20.0. The topological polar surface area (TPSA) is 120 Å². The van der Waals surface area contributed by atoms with Crippen molar-refractivity contribution in [1.29, 1.82) is 0 Å². The van der Waals surface area contributed by atoms with E-state index in [-0.39, 0.29) is 13.2 Å². The molecule has 0 aliphatic heterocycles. The highest BCUT2D eigenvalue weighted by atomic mass is 16.5. The van der Waals surface area contributed by atoms with E-state index in [0.717, 1.165) is 44.5 Å². The fourth-order valence-electron chi connectivity index (χ4n) is 5.61. The number of benzene rings is 4. The molecule has 10 nitrogen and oxygen atoms in total. The molecule has 0 aliphatic rings. The molecule has 4 aromatic rings. The predicted molar refractivity (Wildman–Crippen MR) is 187 cm³/mol. The molecule has 4 N–H and O–H groups in total. The van der Waals surface area contributed by atoms with Crippen LogP contribution in [-0.2, 0) is 26.3 Å². The summed E-state index contributed by atoms with van der Waals surface area (Å²) in [7, 11) is 6.47. The van der Waals surface area contributed by atoms with Gasteiger partial charge in [-0.05, 0) is 47.2 Å². The van der Waals surface area contributed by atoms with Crippen molar-refractivity contribution in [3.05, 3.63) is 94.0 Å². The van der Waals surface area contributed by atoms with E-state index < -0.39 is 0 Å². The second-order valence-corrected chi connectivity index (χ2v) is 11.2. The Morgan fingerprint density at radius 2 is 0.896 bits per heavy atom. The molecule has 0 amide bonds. The molecule has 0 radical (unpaired) electrons. The first-order valence-electron chi connectivity index (χ1n) is 15.9. The fourth-order valence-corrected chi connectivity index (χ4v) is 5.61. The Hall–Kier alpha value is -4.48. The number of hydrogen-bond donors (Lipinski definition) is 4. The van der Waals surface area contributed by atoms with Gasteiger partial charge in [0.2, 0.25) is 0 Å². The summed E-state index contributed by atoms with van der Waals surface area (Å²) in [5, 5.41) is 24.6. The van der Waals surface area contributed by atoms with Crippen LogP contribution in [0.15, 0.2) is 60.7 Å². The smallest absolute Gasteiger partial charge is 0.130 e. The molecule has 0 aromatic heterocycles. The Balaban J connectivity index is 1.52. The predicted octanol–water partition coefficient (Wildman–Crippen LogP) is 5.33. The van der Waals surface area contributed by atoms with Gasteiger partial charge in [0, 0.05) is 50.4 Å². The van der Waals surface area contributed by atoms with Gasteiger partial charge in [-0.25, -0.2) is 0 Å². The summed E-state index contributed by atoms with van der Waals surface area (Å²) in [4.78, 5) is 0. The maximum Gasteiger partial charge on any atom is 0.130 e. The zero-order valence-corrected chi connectivity index (χ0v) is 28.8. The monoisotopic (exact) mass is 660 g/mol. The van der Waals surface area contributed by atoms with E-state index in [1.807, 2.05) is 24.3 Å². The number of rotatable bonds is 19. The lowest BCUT2D eigenvalue weighted by atomic mass is 9.92. The van der Waals surface area contributed by atoms with E-state index >= 15 is 0 Å². The number of methoxy groups -OCH3 is 4. The molecule has 10 heteroatoms. The molecule has 0 atom stereocenters. The summed E-state index contributed by atoms with van der Waals surface area (Å²) in [5.41, 5.74) is 8.35. The number of aliphatic hydroxyl groups excluding tert-OH is 2. The molecule has 0 bridgehead atoms. The molecular formula is C38H48N2O8. The second-order valence-electron chi connectivity index (χ2n) is 11.2. The highest BCUT2D eigenvalue weighted by molar-refractivity contribution is 5.72. The highest BCUT2D eigenvalue weighted by Crippen LogP contribution is 2.37. The van der Waals surface area contributed by atoms with Crippen LogP contribution < -0.4 is 39.1 Å². The van der Waals surface area contributed by atoms with Crippen LogP contribution >= 0.6 is 0 Å². The number of hydrogen-bond acceptors (Lipinski definition) is 10. The van der Waals surface area contributed by atoms with Crippen molar-refractivity contribution >= 4 is 0 Å². The van der Waals surface area contributed by atoms with Crippen LogP contribution in [0, 0.1) is 13.8 Å². The van der Waals surface area contributed by atoms with Gasteiger partial charge in [0.05, 0.1) is 52.8 Å². The van der Waals surface area contributed by atoms with E-state index in [1.54, 1.807) is 28.4 Å². The molecule has 4 aromatic carbocycles. The average Bonchev–Trinajstić information content (AvgIpc) is 3.11. The summed E-state index contributed by atoms with van der Waals surface area (Å²) >= 11 is 0. The van der Waals surface area contributed by atoms with Crippen molar-refractivity contribution in [1.82, 2.24) is 10.6 Å². The van der Waals surface area contributed by atoms with E-state index in [9.17, 15) is 0 Å². The summed E-state index contributed by atoms with van der Waals surface area (Å²) in [6.07, 6.45) is 0. The Morgan fingerprint density at radius 3 is 1.21 bits per heavy atom. The van der Waals surface area contributed by atoms with Crippen LogP contribution in [0.25, 0.3) is 11.1 Å². The summed E-state index contributed by atoms with van der Waals surface area (Å²) in [6.45, 7) is 6.99. The Morgan fingerprint density at radius 1 is 0.542 bits per heavy atom. The van der Waals surface area contributed by atoms with Crippen molar-refractivity contribution in [2.45, 2.75) is 40.2 Å². The van der Waals surface area contributed by atoms with Gasteiger partial charge in [0.25, 0.3) is 0 Å². The van der Waals surface area contributed by atoms with Crippen LogP contribution in [0.3, 0.4) is 0 Å². The minimum Gasteiger partial charge on any atom is -0.496 e. The molecule has 0 spiro atoms.